The van der Waals surface area contributed by atoms with Crippen molar-refractivity contribution in [1.29, 1.82) is 0 Å². The number of hydrogen-bond donors (Lipinski definition) is 2. The summed E-state index contributed by atoms with van der Waals surface area (Å²) in [6.07, 6.45) is 8.64. The van der Waals surface area contributed by atoms with Gasteiger partial charge in [0.25, 0.3) is 5.91 Å². The van der Waals surface area contributed by atoms with Crippen molar-refractivity contribution < 1.29 is 4.79 Å². The third kappa shape index (κ3) is 4.73. The molecule has 5 nitrogen and oxygen atoms in total. The minimum absolute atomic E-state index is 0. The normalized spacial score (nSPS) is 17.2. The quantitative estimate of drug-likeness (QED) is 0.850. The van der Waals surface area contributed by atoms with Crippen molar-refractivity contribution in [2.75, 3.05) is 6.54 Å². The summed E-state index contributed by atoms with van der Waals surface area (Å²) in [6.45, 7) is 8.88. The van der Waals surface area contributed by atoms with E-state index in [0.717, 1.165) is 12.1 Å². The Kier molecular flexibility index (Phi) is 7.74. The van der Waals surface area contributed by atoms with Gasteiger partial charge in [0.15, 0.2) is 0 Å². The van der Waals surface area contributed by atoms with Crippen molar-refractivity contribution >= 4 is 18.3 Å². The molecule has 0 aromatic carbocycles. The van der Waals surface area contributed by atoms with Crippen LogP contribution in [0.2, 0.25) is 0 Å². The van der Waals surface area contributed by atoms with E-state index in [1.54, 1.807) is 6.20 Å². The first kappa shape index (κ1) is 21.0. The van der Waals surface area contributed by atoms with E-state index < -0.39 is 0 Å². The molecule has 0 spiro atoms. The summed E-state index contributed by atoms with van der Waals surface area (Å²) in [5, 5.41) is 7.62. The Balaban J connectivity index is 0.00000288. The zero-order valence-electron chi connectivity index (χ0n) is 15.5. The van der Waals surface area contributed by atoms with Crippen molar-refractivity contribution in [2.24, 2.45) is 11.7 Å². The first-order valence-corrected chi connectivity index (χ1v) is 8.96. The molecule has 1 amide bonds. The predicted octanol–water partition coefficient (Wildman–Crippen LogP) is 3.26. The Labute approximate surface area is 152 Å². The zero-order chi connectivity index (χ0) is 17.0. The molecule has 6 heteroatoms. The molecule has 0 radical (unpaired) electrons. The molecule has 1 saturated carbocycles. The Morgan fingerprint density at radius 1 is 1.38 bits per heavy atom. The molecule has 1 aromatic rings. The van der Waals surface area contributed by atoms with Crippen LogP contribution in [0.4, 0.5) is 0 Å². The highest BCUT2D eigenvalue weighted by molar-refractivity contribution is 5.95. The molecular formula is C18H33ClN4O. The molecule has 1 aliphatic carbocycles. The highest BCUT2D eigenvalue weighted by Crippen LogP contribution is 2.26. The maximum atomic E-state index is 12.8. The van der Waals surface area contributed by atoms with E-state index in [1.165, 1.54) is 32.1 Å². The lowest BCUT2D eigenvalue weighted by molar-refractivity contribution is 0.0914. The van der Waals surface area contributed by atoms with Gasteiger partial charge < -0.3 is 11.1 Å². The predicted molar refractivity (Wildman–Crippen MR) is 101 cm³/mol. The van der Waals surface area contributed by atoms with E-state index in [-0.39, 0.29) is 29.9 Å². The number of nitrogens with one attached hydrogen (secondary N) is 1. The van der Waals surface area contributed by atoms with Crippen LogP contribution in [-0.4, -0.2) is 28.3 Å². The Bertz CT molecular complexity index is 530. The van der Waals surface area contributed by atoms with Crippen LogP contribution in [0.5, 0.6) is 0 Å². The Morgan fingerprint density at radius 3 is 2.50 bits per heavy atom. The molecule has 1 aliphatic rings. The van der Waals surface area contributed by atoms with Gasteiger partial charge in [-0.3, -0.25) is 9.48 Å². The minimum atomic E-state index is -0.124. The fourth-order valence-corrected chi connectivity index (χ4v) is 3.63. The first-order chi connectivity index (χ1) is 10.9. The third-order valence-corrected chi connectivity index (χ3v) is 4.87. The lowest BCUT2D eigenvalue weighted by Crippen LogP contribution is -2.46. The van der Waals surface area contributed by atoms with Gasteiger partial charge in [-0.05, 0) is 46.0 Å². The number of halogens is 1. The second-order valence-corrected chi connectivity index (χ2v) is 7.65. The maximum absolute atomic E-state index is 12.8. The highest BCUT2D eigenvalue weighted by atomic mass is 35.5. The Morgan fingerprint density at radius 2 is 2.00 bits per heavy atom. The summed E-state index contributed by atoms with van der Waals surface area (Å²) in [4.78, 5) is 12.8. The van der Waals surface area contributed by atoms with E-state index in [1.807, 2.05) is 4.68 Å². The standard InChI is InChI=1S/C18H32N4O.ClH/c1-5-16-14(12-20-22(16)18(2,3)4)17(23)21-15(11-19)13-9-7-6-8-10-13;/h12-13,15H,5-11,19H2,1-4H3,(H,21,23);1H. The largest absolute Gasteiger partial charge is 0.348 e. The summed E-state index contributed by atoms with van der Waals surface area (Å²) in [5.41, 5.74) is 7.50. The number of carbonyl (C=O) groups is 1. The Hall–Kier alpha value is -1.07. The van der Waals surface area contributed by atoms with Gasteiger partial charge in [0.1, 0.15) is 0 Å². The maximum Gasteiger partial charge on any atom is 0.255 e. The minimum Gasteiger partial charge on any atom is -0.348 e. The van der Waals surface area contributed by atoms with Crippen LogP contribution in [0.3, 0.4) is 0 Å². The van der Waals surface area contributed by atoms with Crippen LogP contribution in [0.25, 0.3) is 0 Å². The fourth-order valence-electron chi connectivity index (χ4n) is 3.63. The van der Waals surface area contributed by atoms with Gasteiger partial charge in [-0.25, -0.2) is 0 Å². The second kappa shape index (κ2) is 8.86. The second-order valence-electron chi connectivity index (χ2n) is 7.65. The topological polar surface area (TPSA) is 72.9 Å². The van der Waals surface area contributed by atoms with Crippen LogP contribution >= 0.6 is 12.4 Å². The molecule has 0 aliphatic heterocycles. The molecule has 0 saturated heterocycles. The van der Waals surface area contributed by atoms with Crippen molar-refractivity contribution in [3.05, 3.63) is 17.5 Å². The highest BCUT2D eigenvalue weighted by Gasteiger charge is 2.27. The van der Waals surface area contributed by atoms with Crippen molar-refractivity contribution in [3.63, 3.8) is 0 Å². The molecule has 1 atom stereocenters. The van der Waals surface area contributed by atoms with E-state index in [9.17, 15) is 4.79 Å². The number of nitrogens with two attached hydrogens (primary N) is 1. The van der Waals surface area contributed by atoms with Gasteiger partial charge in [-0.15, -0.1) is 12.4 Å². The number of amides is 1. The smallest absolute Gasteiger partial charge is 0.255 e. The summed E-state index contributed by atoms with van der Waals surface area (Å²) in [6, 6.07) is 0.0745. The van der Waals surface area contributed by atoms with Crippen molar-refractivity contribution in [1.82, 2.24) is 15.1 Å². The number of hydrogen-bond acceptors (Lipinski definition) is 3. The van der Waals surface area contributed by atoms with Crippen LogP contribution in [-0.2, 0) is 12.0 Å². The van der Waals surface area contributed by atoms with Crippen molar-refractivity contribution in [2.45, 2.75) is 77.8 Å². The molecule has 3 N–H and O–H groups in total. The van der Waals surface area contributed by atoms with E-state index in [2.05, 4.69) is 38.1 Å². The van der Waals surface area contributed by atoms with E-state index in [4.69, 9.17) is 5.73 Å². The lowest BCUT2D eigenvalue weighted by atomic mass is 9.84. The van der Waals surface area contributed by atoms with Crippen LogP contribution in [0, 0.1) is 5.92 Å². The fraction of sp³-hybridized carbons (Fsp3) is 0.778. The molecule has 1 heterocycles. The van der Waals surface area contributed by atoms with Gasteiger partial charge in [-0.2, -0.15) is 5.10 Å². The summed E-state index contributed by atoms with van der Waals surface area (Å²) in [7, 11) is 0. The average Bonchev–Trinajstić information content (AvgIpc) is 2.97. The third-order valence-electron chi connectivity index (χ3n) is 4.87. The monoisotopic (exact) mass is 356 g/mol. The van der Waals surface area contributed by atoms with Gasteiger partial charge >= 0.3 is 0 Å². The SMILES string of the molecule is CCc1c(C(=O)NC(CN)C2CCCCC2)cnn1C(C)(C)C.Cl. The van der Waals surface area contributed by atoms with Crippen LogP contribution < -0.4 is 11.1 Å². The van der Waals surface area contributed by atoms with E-state index in [0.29, 0.717) is 18.0 Å². The lowest BCUT2D eigenvalue weighted by Gasteiger charge is -2.30. The van der Waals surface area contributed by atoms with Gasteiger partial charge in [0.05, 0.1) is 23.0 Å². The average molecular weight is 357 g/mol. The van der Waals surface area contributed by atoms with Gasteiger partial charge in [0, 0.05) is 12.6 Å². The number of aromatic nitrogens is 2. The molecule has 24 heavy (non-hydrogen) atoms. The molecule has 0 bridgehead atoms. The summed E-state index contributed by atoms with van der Waals surface area (Å²) < 4.78 is 1.96. The zero-order valence-corrected chi connectivity index (χ0v) is 16.3. The van der Waals surface area contributed by atoms with Gasteiger partial charge in [0.2, 0.25) is 0 Å². The van der Waals surface area contributed by atoms with Gasteiger partial charge in [-0.1, -0.05) is 26.2 Å². The number of carbonyl (C=O) groups excluding carboxylic acids is 1. The molecule has 138 valence electrons. The molecular weight excluding hydrogens is 324 g/mol. The molecule has 1 fully saturated rings. The van der Waals surface area contributed by atoms with Crippen LogP contribution in [0.15, 0.2) is 6.20 Å². The summed E-state index contributed by atoms with van der Waals surface area (Å²) >= 11 is 0. The first-order valence-electron chi connectivity index (χ1n) is 8.96. The van der Waals surface area contributed by atoms with Crippen LogP contribution in [0.1, 0.15) is 75.9 Å². The molecule has 1 aromatic heterocycles. The van der Waals surface area contributed by atoms with E-state index >= 15 is 0 Å². The number of rotatable bonds is 5. The molecule has 2 rings (SSSR count). The van der Waals surface area contributed by atoms with Crippen molar-refractivity contribution in [3.8, 4) is 0 Å². The summed E-state index contributed by atoms with van der Waals surface area (Å²) in [5.74, 6) is 0.485. The molecule has 1 unspecified atom stereocenters. The number of nitrogens with zero attached hydrogens (tertiary/aromatic N) is 2.